The Labute approximate surface area is 149 Å². The molecule has 4 nitrogen and oxygen atoms in total. The van der Waals surface area contributed by atoms with Crippen molar-refractivity contribution in [1.29, 1.82) is 0 Å². The number of aryl methyl sites for hydroxylation is 1. The molecule has 2 aromatic rings. The minimum absolute atomic E-state index is 0.0722. The standard InChI is InChI=1S/C21H26N2O2/c1-16-5-2-3-6-18(16)15-25-20-8-4-7-19(13-20)23-21(24)10-9-17-11-12-22-14-17/h2-8,13,17,22H,9-12,14-15H2,1H3,(H,23,24). The molecule has 0 aliphatic carbocycles. The molecule has 1 fully saturated rings. The molecule has 0 saturated carbocycles. The predicted octanol–water partition coefficient (Wildman–Crippen LogP) is 3.90. The van der Waals surface area contributed by atoms with Gasteiger partial charge >= 0.3 is 0 Å². The number of hydrogen-bond donors (Lipinski definition) is 2. The highest BCUT2D eigenvalue weighted by molar-refractivity contribution is 5.90. The molecular formula is C21H26N2O2. The van der Waals surface area contributed by atoms with Crippen LogP contribution in [0.2, 0.25) is 0 Å². The van der Waals surface area contributed by atoms with Gasteiger partial charge < -0.3 is 15.4 Å². The van der Waals surface area contributed by atoms with Crippen molar-refractivity contribution in [1.82, 2.24) is 5.32 Å². The largest absolute Gasteiger partial charge is 0.489 e. The minimum Gasteiger partial charge on any atom is -0.489 e. The lowest BCUT2D eigenvalue weighted by Gasteiger charge is -2.11. The molecule has 1 saturated heterocycles. The second kappa shape index (κ2) is 8.67. The van der Waals surface area contributed by atoms with Crippen LogP contribution >= 0.6 is 0 Å². The molecule has 132 valence electrons. The molecule has 1 aliphatic heterocycles. The van der Waals surface area contributed by atoms with E-state index in [0.29, 0.717) is 18.9 Å². The summed E-state index contributed by atoms with van der Waals surface area (Å²) in [5.74, 6) is 1.47. The summed E-state index contributed by atoms with van der Waals surface area (Å²) in [6, 6.07) is 15.8. The van der Waals surface area contributed by atoms with Gasteiger partial charge in [-0.15, -0.1) is 0 Å². The molecule has 1 unspecified atom stereocenters. The van der Waals surface area contributed by atoms with Crippen LogP contribution in [0.3, 0.4) is 0 Å². The van der Waals surface area contributed by atoms with Crippen LogP contribution in [0, 0.1) is 12.8 Å². The van der Waals surface area contributed by atoms with Crippen molar-refractivity contribution in [3.05, 3.63) is 59.7 Å². The summed E-state index contributed by atoms with van der Waals surface area (Å²) in [4.78, 5) is 12.1. The second-order valence-corrected chi connectivity index (χ2v) is 6.69. The maximum Gasteiger partial charge on any atom is 0.224 e. The van der Waals surface area contributed by atoms with Gasteiger partial charge in [0.2, 0.25) is 5.91 Å². The molecule has 1 aliphatic rings. The van der Waals surface area contributed by atoms with Gasteiger partial charge in [-0.2, -0.15) is 0 Å². The molecule has 2 N–H and O–H groups in total. The number of rotatable bonds is 7. The fourth-order valence-electron chi connectivity index (χ4n) is 3.12. The number of carbonyl (C=O) groups is 1. The molecule has 0 bridgehead atoms. The van der Waals surface area contributed by atoms with Crippen molar-refractivity contribution < 1.29 is 9.53 Å². The summed E-state index contributed by atoms with van der Waals surface area (Å²) in [7, 11) is 0. The highest BCUT2D eigenvalue weighted by Crippen LogP contribution is 2.20. The van der Waals surface area contributed by atoms with Crippen LogP contribution in [0.5, 0.6) is 5.75 Å². The lowest BCUT2D eigenvalue weighted by atomic mass is 10.0. The molecule has 0 radical (unpaired) electrons. The van der Waals surface area contributed by atoms with E-state index in [2.05, 4.69) is 29.7 Å². The number of carbonyl (C=O) groups excluding carboxylic acids is 1. The number of ether oxygens (including phenoxy) is 1. The van der Waals surface area contributed by atoms with E-state index >= 15 is 0 Å². The number of nitrogens with one attached hydrogen (secondary N) is 2. The van der Waals surface area contributed by atoms with Crippen LogP contribution in [-0.4, -0.2) is 19.0 Å². The van der Waals surface area contributed by atoms with Crippen LogP contribution in [0.25, 0.3) is 0 Å². The summed E-state index contributed by atoms with van der Waals surface area (Å²) in [5, 5.41) is 6.31. The third-order valence-corrected chi connectivity index (χ3v) is 4.72. The van der Waals surface area contributed by atoms with Gasteiger partial charge in [0.15, 0.2) is 0 Å². The van der Waals surface area contributed by atoms with Crippen molar-refractivity contribution in [2.75, 3.05) is 18.4 Å². The van der Waals surface area contributed by atoms with Gasteiger partial charge in [0.05, 0.1) is 0 Å². The molecule has 0 spiro atoms. The van der Waals surface area contributed by atoms with Gasteiger partial charge in [-0.3, -0.25) is 4.79 Å². The zero-order chi connectivity index (χ0) is 17.5. The van der Waals surface area contributed by atoms with E-state index in [1.807, 2.05) is 36.4 Å². The first kappa shape index (κ1) is 17.5. The van der Waals surface area contributed by atoms with Crippen LogP contribution in [-0.2, 0) is 11.4 Å². The van der Waals surface area contributed by atoms with E-state index in [-0.39, 0.29) is 5.91 Å². The Morgan fingerprint density at radius 3 is 2.92 bits per heavy atom. The Morgan fingerprint density at radius 2 is 2.12 bits per heavy atom. The maximum atomic E-state index is 12.1. The van der Waals surface area contributed by atoms with Gasteiger partial charge in [0, 0.05) is 18.2 Å². The molecule has 0 aromatic heterocycles. The Balaban J connectivity index is 1.50. The minimum atomic E-state index is 0.0722. The van der Waals surface area contributed by atoms with Gasteiger partial charge in [-0.25, -0.2) is 0 Å². The Bertz CT molecular complexity index is 709. The summed E-state index contributed by atoms with van der Waals surface area (Å²) in [6.07, 6.45) is 2.69. The number of benzene rings is 2. The van der Waals surface area contributed by atoms with Crippen molar-refractivity contribution >= 4 is 11.6 Å². The van der Waals surface area contributed by atoms with Gasteiger partial charge in [0.25, 0.3) is 0 Å². The van der Waals surface area contributed by atoms with E-state index in [1.54, 1.807) is 0 Å². The molecule has 2 aromatic carbocycles. The highest BCUT2D eigenvalue weighted by Gasteiger charge is 2.15. The van der Waals surface area contributed by atoms with E-state index in [4.69, 9.17) is 4.74 Å². The molecule has 4 heteroatoms. The molecule has 25 heavy (non-hydrogen) atoms. The predicted molar refractivity (Wildman–Crippen MR) is 101 cm³/mol. The average Bonchev–Trinajstić information content (AvgIpc) is 3.13. The fourth-order valence-corrected chi connectivity index (χ4v) is 3.12. The quantitative estimate of drug-likeness (QED) is 0.805. The average molecular weight is 338 g/mol. The smallest absolute Gasteiger partial charge is 0.224 e. The Hall–Kier alpha value is -2.33. The zero-order valence-corrected chi connectivity index (χ0v) is 14.8. The molecule has 1 atom stereocenters. The van der Waals surface area contributed by atoms with Gasteiger partial charge in [0.1, 0.15) is 12.4 Å². The fraction of sp³-hybridized carbons (Fsp3) is 0.381. The van der Waals surface area contributed by atoms with Gasteiger partial charge in [-0.1, -0.05) is 30.3 Å². The van der Waals surface area contributed by atoms with E-state index < -0.39 is 0 Å². The van der Waals surface area contributed by atoms with Crippen LogP contribution < -0.4 is 15.4 Å². The number of anilines is 1. The van der Waals surface area contributed by atoms with Crippen LogP contribution in [0.1, 0.15) is 30.4 Å². The third-order valence-electron chi connectivity index (χ3n) is 4.72. The lowest BCUT2D eigenvalue weighted by molar-refractivity contribution is -0.116. The van der Waals surface area contributed by atoms with E-state index in [0.717, 1.165) is 30.9 Å². The topological polar surface area (TPSA) is 50.4 Å². The second-order valence-electron chi connectivity index (χ2n) is 6.69. The van der Waals surface area contributed by atoms with Crippen molar-refractivity contribution in [3.63, 3.8) is 0 Å². The van der Waals surface area contributed by atoms with E-state index in [1.165, 1.54) is 17.5 Å². The molecule has 3 rings (SSSR count). The Morgan fingerprint density at radius 1 is 1.24 bits per heavy atom. The van der Waals surface area contributed by atoms with Crippen LogP contribution in [0.4, 0.5) is 5.69 Å². The van der Waals surface area contributed by atoms with Crippen molar-refractivity contribution in [3.8, 4) is 5.75 Å². The lowest BCUT2D eigenvalue weighted by Crippen LogP contribution is -2.15. The maximum absolute atomic E-state index is 12.1. The number of hydrogen-bond acceptors (Lipinski definition) is 3. The normalized spacial score (nSPS) is 16.6. The summed E-state index contributed by atoms with van der Waals surface area (Å²) >= 11 is 0. The Kier molecular flexibility index (Phi) is 6.07. The monoisotopic (exact) mass is 338 g/mol. The SMILES string of the molecule is Cc1ccccc1COc1cccc(NC(=O)CCC2CCNC2)c1. The molecular weight excluding hydrogens is 312 g/mol. The summed E-state index contributed by atoms with van der Waals surface area (Å²) in [6.45, 7) is 4.72. The molecule has 1 amide bonds. The zero-order valence-electron chi connectivity index (χ0n) is 14.8. The molecule has 1 heterocycles. The van der Waals surface area contributed by atoms with Gasteiger partial charge in [-0.05, 0) is 62.0 Å². The van der Waals surface area contributed by atoms with E-state index in [9.17, 15) is 4.79 Å². The van der Waals surface area contributed by atoms with Crippen molar-refractivity contribution in [2.45, 2.75) is 32.8 Å². The van der Waals surface area contributed by atoms with Crippen LogP contribution in [0.15, 0.2) is 48.5 Å². The summed E-state index contributed by atoms with van der Waals surface area (Å²) < 4.78 is 5.88. The summed E-state index contributed by atoms with van der Waals surface area (Å²) in [5.41, 5.74) is 3.17. The number of amides is 1. The van der Waals surface area contributed by atoms with Crippen molar-refractivity contribution in [2.24, 2.45) is 5.92 Å². The third kappa shape index (κ3) is 5.33. The first-order chi connectivity index (χ1) is 12.2. The highest BCUT2D eigenvalue weighted by atomic mass is 16.5. The first-order valence-corrected chi connectivity index (χ1v) is 8.98. The first-order valence-electron chi connectivity index (χ1n) is 8.98.